The zero-order chi connectivity index (χ0) is 11.8. The Labute approximate surface area is 99.7 Å². The molecule has 5 nitrogen and oxygen atoms in total. The number of hydrogen-bond donors (Lipinski definition) is 1. The second-order valence-electron chi connectivity index (χ2n) is 4.01. The number of aromatic amines is 1. The fourth-order valence-corrected chi connectivity index (χ4v) is 4.90. The molecule has 0 aliphatic carbocycles. The molecule has 1 aromatic rings. The first-order chi connectivity index (χ1) is 7.50. The summed E-state index contributed by atoms with van der Waals surface area (Å²) in [5.74, 6) is 0. The van der Waals surface area contributed by atoms with Gasteiger partial charge in [-0.3, -0.25) is 5.10 Å². The normalized spacial score (nSPS) is 28.1. The van der Waals surface area contributed by atoms with Gasteiger partial charge < -0.3 is 0 Å². The maximum atomic E-state index is 12.2. The minimum absolute atomic E-state index is 0.249. The van der Waals surface area contributed by atoms with E-state index in [1.807, 2.05) is 11.8 Å². The van der Waals surface area contributed by atoms with E-state index in [-0.39, 0.29) is 4.90 Å². The van der Waals surface area contributed by atoms with Crippen molar-refractivity contribution in [2.45, 2.75) is 29.2 Å². The molecule has 0 radical (unpaired) electrons. The Morgan fingerprint density at radius 3 is 2.56 bits per heavy atom. The molecule has 2 atom stereocenters. The highest BCUT2D eigenvalue weighted by atomic mass is 32.2. The molecule has 16 heavy (non-hydrogen) atoms. The van der Waals surface area contributed by atoms with Crippen LogP contribution in [0.15, 0.2) is 17.3 Å². The van der Waals surface area contributed by atoms with Crippen molar-refractivity contribution in [3.63, 3.8) is 0 Å². The second-order valence-corrected chi connectivity index (χ2v) is 7.83. The minimum atomic E-state index is -3.36. The zero-order valence-electron chi connectivity index (χ0n) is 9.25. The van der Waals surface area contributed by atoms with Gasteiger partial charge in [0.25, 0.3) is 0 Å². The summed E-state index contributed by atoms with van der Waals surface area (Å²) in [6, 6.07) is 0. The van der Waals surface area contributed by atoms with Gasteiger partial charge in [-0.25, -0.2) is 8.42 Å². The summed E-state index contributed by atoms with van der Waals surface area (Å²) < 4.78 is 25.9. The molecule has 1 aromatic heterocycles. The van der Waals surface area contributed by atoms with Crippen molar-refractivity contribution in [3.05, 3.63) is 12.4 Å². The first-order valence-electron chi connectivity index (χ1n) is 5.14. The van der Waals surface area contributed by atoms with Crippen LogP contribution in [0.25, 0.3) is 0 Å². The molecular formula is C9H15N3O2S2. The van der Waals surface area contributed by atoms with Gasteiger partial charge in [-0.05, 0) is 0 Å². The van der Waals surface area contributed by atoms with Gasteiger partial charge >= 0.3 is 0 Å². The van der Waals surface area contributed by atoms with Gasteiger partial charge in [0.1, 0.15) is 4.90 Å². The fraction of sp³-hybridized carbons (Fsp3) is 0.667. The lowest BCUT2D eigenvalue weighted by atomic mass is 10.4. The Balaban J connectivity index is 2.24. The first kappa shape index (κ1) is 11.9. The highest BCUT2D eigenvalue weighted by Crippen LogP contribution is 2.28. The Bertz CT molecular complexity index is 433. The molecule has 90 valence electrons. The van der Waals surface area contributed by atoms with Crippen LogP contribution in [0, 0.1) is 0 Å². The van der Waals surface area contributed by atoms with E-state index in [9.17, 15) is 8.42 Å². The molecule has 1 aliphatic rings. The van der Waals surface area contributed by atoms with E-state index in [1.165, 1.54) is 12.4 Å². The van der Waals surface area contributed by atoms with Crippen LogP contribution in [0.1, 0.15) is 13.8 Å². The van der Waals surface area contributed by atoms with Crippen LogP contribution < -0.4 is 0 Å². The van der Waals surface area contributed by atoms with Crippen LogP contribution in [0.2, 0.25) is 0 Å². The van der Waals surface area contributed by atoms with Crippen LogP contribution in [-0.2, 0) is 10.0 Å². The molecule has 2 heterocycles. The topological polar surface area (TPSA) is 66.1 Å². The predicted octanol–water partition coefficient (Wildman–Crippen LogP) is 0.924. The van der Waals surface area contributed by atoms with Crippen LogP contribution in [-0.4, -0.2) is 46.5 Å². The van der Waals surface area contributed by atoms with E-state index in [4.69, 9.17) is 0 Å². The number of rotatable bonds is 2. The van der Waals surface area contributed by atoms with Crippen LogP contribution in [0.3, 0.4) is 0 Å². The van der Waals surface area contributed by atoms with Gasteiger partial charge in [0.05, 0.1) is 6.20 Å². The molecule has 1 N–H and O–H groups in total. The summed E-state index contributed by atoms with van der Waals surface area (Å²) in [4.78, 5) is 0.249. The van der Waals surface area contributed by atoms with Gasteiger partial charge in [0.15, 0.2) is 0 Å². The predicted molar refractivity (Wildman–Crippen MR) is 63.9 cm³/mol. The zero-order valence-corrected chi connectivity index (χ0v) is 10.9. The van der Waals surface area contributed by atoms with Crippen molar-refractivity contribution in [2.75, 3.05) is 13.1 Å². The molecule has 2 unspecified atom stereocenters. The lowest BCUT2D eigenvalue weighted by Gasteiger charge is -2.33. The summed E-state index contributed by atoms with van der Waals surface area (Å²) >= 11 is 1.83. The maximum Gasteiger partial charge on any atom is 0.246 e. The molecule has 0 spiro atoms. The third-order valence-corrected chi connectivity index (χ3v) is 5.52. The maximum absolute atomic E-state index is 12.2. The number of aromatic nitrogens is 2. The molecule has 1 saturated heterocycles. The average molecular weight is 261 g/mol. The lowest BCUT2D eigenvalue weighted by Crippen LogP contribution is -2.43. The quantitative estimate of drug-likeness (QED) is 0.860. The van der Waals surface area contributed by atoms with E-state index in [2.05, 4.69) is 24.0 Å². The largest absolute Gasteiger partial charge is 0.284 e. The highest BCUT2D eigenvalue weighted by molar-refractivity contribution is 8.00. The molecule has 2 rings (SSSR count). The smallest absolute Gasteiger partial charge is 0.246 e. The van der Waals surface area contributed by atoms with Gasteiger partial charge in [-0.1, -0.05) is 13.8 Å². The monoisotopic (exact) mass is 261 g/mol. The van der Waals surface area contributed by atoms with Crippen LogP contribution >= 0.6 is 11.8 Å². The van der Waals surface area contributed by atoms with E-state index < -0.39 is 10.0 Å². The van der Waals surface area contributed by atoms with Crippen LogP contribution in [0.5, 0.6) is 0 Å². The molecule has 1 aliphatic heterocycles. The number of sulfonamides is 1. The Morgan fingerprint density at radius 1 is 1.44 bits per heavy atom. The highest BCUT2D eigenvalue weighted by Gasteiger charge is 2.32. The Morgan fingerprint density at radius 2 is 2.06 bits per heavy atom. The summed E-state index contributed by atoms with van der Waals surface area (Å²) in [7, 11) is -3.36. The molecule has 0 saturated carbocycles. The van der Waals surface area contributed by atoms with Crippen molar-refractivity contribution in [3.8, 4) is 0 Å². The van der Waals surface area contributed by atoms with Crippen LogP contribution in [0.4, 0.5) is 0 Å². The number of thioether (sulfide) groups is 1. The van der Waals surface area contributed by atoms with Gasteiger partial charge in [0, 0.05) is 29.8 Å². The summed E-state index contributed by atoms with van der Waals surface area (Å²) in [5.41, 5.74) is 0. The average Bonchev–Trinajstić information content (AvgIpc) is 2.69. The van der Waals surface area contributed by atoms with Crippen molar-refractivity contribution in [1.29, 1.82) is 0 Å². The third kappa shape index (κ3) is 2.26. The van der Waals surface area contributed by atoms with Gasteiger partial charge in [-0.15, -0.1) is 0 Å². The second kappa shape index (κ2) is 4.38. The number of H-pyrrole nitrogens is 1. The van der Waals surface area contributed by atoms with Gasteiger partial charge in [-0.2, -0.15) is 21.2 Å². The number of nitrogens with one attached hydrogen (secondary N) is 1. The van der Waals surface area contributed by atoms with Gasteiger partial charge in [0.2, 0.25) is 10.0 Å². The standard InChI is InChI=1S/C9H15N3O2S2/c1-7-5-12(6-8(2)15-7)16(13,14)9-3-10-11-4-9/h3-4,7-8H,5-6H2,1-2H3,(H,10,11). The minimum Gasteiger partial charge on any atom is -0.284 e. The SMILES string of the molecule is CC1CN(S(=O)(=O)c2cn[nH]c2)CC(C)S1. The molecule has 7 heteroatoms. The van der Waals surface area contributed by atoms with Crippen molar-refractivity contribution < 1.29 is 8.42 Å². The molecule has 0 amide bonds. The van der Waals surface area contributed by atoms with E-state index in [0.29, 0.717) is 23.6 Å². The number of hydrogen-bond acceptors (Lipinski definition) is 4. The summed E-state index contributed by atoms with van der Waals surface area (Å²) in [6.07, 6.45) is 2.78. The summed E-state index contributed by atoms with van der Waals surface area (Å²) in [5, 5.41) is 6.90. The molecule has 1 fully saturated rings. The van der Waals surface area contributed by atoms with E-state index >= 15 is 0 Å². The van der Waals surface area contributed by atoms with Crippen molar-refractivity contribution in [2.24, 2.45) is 0 Å². The van der Waals surface area contributed by atoms with E-state index in [1.54, 1.807) is 4.31 Å². The molecular weight excluding hydrogens is 246 g/mol. The van der Waals surface area contributed by atoms with Crippen molar-refractivity contribution >= 4 is 21.8 Å². The lowest BCUT2D eigenvalue weighted by molar-refractivity contribution is 0.405. The molecule has 0 bridgehead atoms. The summed E-state index contributed by atoms with van der Waals surface area (Å²) in [6.45, 7) is 5.25. The van der Waals surface area contributed by atoms with Crippen molar-refractivity contribution in [1.82, 2.24) is 14.5 Å². The fourth-order valence-electron chi connectivity index (χ4n) is 1.86. The Kier molecular flexibility index (Phi) is 3.27. The first-order valence-corrected chi connectivity index (χ1v) is 7.53. The molecule has 0 aromatic carbocycles. The third-order valence-electron chi connectivity index (χ3n) is 2.50. The Hall–Kier alpha value is -0.530. The van der Waals surface area contributed by atoms with E-state index in [0.717, 1.165) is 0 Å². The number of nitrogens with zero attached hydrogens (tertiary/aromatic N) is 2.